The smallest absolute Gasteiger partial charge is 0.429 e. The predicted molar refractivity (Wildman–Crippen MR) is 46.1 cm³/mol. The zero-order valence-corrected chi connectivity index (χ0v) is 7.57. The Bertz CT molecular complexity index is 108. The van der Waals surface area contributed by atoms with Gasteiger partial charge in [-0.2, -0.15) is 3.71 Å². The molecule has 1 amide bonds. The number of thiol groups is 2. The third kappa shape index (κ3) is 4.81. The predicted octanol–water partition coefficient (Wildman–Crippen LogP) is 1.91. The number of hydrogen-bond donors (Lipinski definition) is 2. The molecule has 0 rings (SSSR count). The minimum atomic E-state index is -0.528. The molecule has 0 aromatic heterocycles. The number of amides is 1. The highest BCUT2D eigenvalue weighted by Gasteiger charge is 2.04. The molecule has 5 heteroatoms. The molecular formula is C5H11NO2S2. The van der Waals surface area contributed by atoms with E-state index >= 15 is 0 Å². The van der Waals surface area contributed by atoms with Crippen molar-refractivity contribution in [3.8, 4) is 0 Å². The highest BCUT2D eigenvalue weighted by atomic mass is 32.2. The molecule has 0 aliphatic heterocycles. The Labute approximate surface area is 71.8 Å². The van der Waals surface area contributed by atoms with Gasteiger partial charge in [0.05, 0.1) is 6.61 Å². The average molecular weight is 181 g/mol. The molecule has 0 unspecified atom stereocenters. The quantitative estimate of drug-likeness (QED) is 0.514. The third-order valence-corrected chi connectivity index (χ3v) is 1.21. The van der Waals surface area contributed by atoms with E-state index in [1.54, 1.807) is 0 Å². The van der Waals surface area contributed by atoms with Crippen molar-refractivity contribution >= 4 is 31.7 Å². The fourth-order valence-corrected chi connectivity index (χ4v) is 0.477. The van der Waals surface area contributed by atoms with Crippen LogP contribution in [0.2, 0.25) is 0 Å². The fourth-order valence-electron chi connectivity index (χ4n) is 0.362. The van der Waals surface area contributed by atoms with Gasteiger partial charge in [0, 0.05) is 0 Å². The van der Waals surface area contributed by atoms with Crippen LogP contribution in [-0.4, -0.2) is 16.4 Å². The lowest BCUT2D eigenvalue weighted by molar-refractivity contribution is 0.141. The molecule has 0 radical (unpaired) electrons. The van der Waals surface area contributed by atoms with Crippen LogP contribution in [0.25, 0.3) is 0 Å². The first-order valence-electron chi connectivity index (χ1n) is 3.03. The van der Waals surface area contributed by atoms with Crippen molar-refractivity contribution in [2.75, 3.05) is 6.61 Å². The van der Waals surface area contributed by atoms with E-state index in [0.717, 1.165) is 16.6 Å². The zero-order valence-electron chi connectivity index (χ0n) is 5.78. The molecule has 0 atom stereocenters. The minimum Gasteiger partial charge on any atom is -0.448 e. The molecule has 10 heavy (non-hydrogen) atoms. The molecule has 60 valence electrons. The van der Waals surface area contributed by atoms with Gasteiger partial charge >= 0.3 is 6.09 Å². The summed E-state index contributed by atoms with van der Waals surface area (Å²) in [6.45, 7) is 2.46. The zero-order chi connectivity index (χ0) is 7.98. The van der Waals surface area contributed by atoms with Gasteiger partial charge < -0.3 is 4.74 Å². The molecule has 0 aromatic carbocycles. The summed E-state index contributed by atoms with van der Waals surface area (Å²) in [4.78, 5) is 10.6. The number of carbonyl (C=O) groups excluding carboxylic acids is 1. The Morgan fingerprint density at radius 3 is 2.60 bits per heavy atom. The molecule has 0 N–H and O–H groups in total. The molecule has 0 aliphatic carbocycles. The Balaban J connectivity index is 3.22. The maximum Gasteiger partial charge on any atom is 0.429 e. The van der Waals surface area contributed by atoms with Crippen LogP contribution in [0.4, 0.5) is 4.79 Å². The second-order valence-electron chi connectivity index (χ2n) is 1.76. The van der Waals surface area contributed by atoms with Crippen molar-refractivity contribution in [3.05, 3.63) is 0 Å². The van der Waals surface area contributed by atoms with Crippen LogP contribution in [-0.2, 0) is 4.74 Å². The first kappa shape index (κ1) is 9.97. The van der Waals surface area contributed by atoms with E-state index < -0.39 is 6.09 Å². The van der Waals surface area contributed by atoms with Crippen LogP contribution in [0.1, 0.15) is 19.8 Å². The molecule has 0 spiro atoms. The van der Waals surface area contributed by atoms with E-state index in [4.69, 9.17) is 0 Å². The van der Waals surface area contributed by atoms with Crippen LogP contribution in [0.3, 0.4) is 0 Å². The second-order valence-corrected chi connectivity index (χ2v) is 2.87. The van der Waals surface area contributed by atoms with Crippen molar-refractivity contribution in [2.24, 2.45) is 0 Å². The summed E-state index contributed by atoms with van der Waals surface area (Å²) in [5.41, 5.74) is 0. The normalized spacial score (nSPS) is 9.10. The standard InChI is InChI=1S/C5H11NO2S2/c1-2-3-4-8-5(7)6(9)10/h9-10H,2-4H2,1H3. The number of rotatable bonds is 3. The minimum absolute atomic E-state index is 0.437. The molecule has 0 fully saturated rings. The molecule has 0 heterocycles. The Kier molecular flexibility index (Phi) is 5.71. The summed E-state index contributed by atoms with van der Waals surface area (Å²) in [5.74, 6) is 0. The van der Waals surface area contributed by atoms with Crippen LogP contribution in [0.5, 0.6) is 0 Å². The first-order chi connectivity index (χ1) is 4.68. The topological polar surface area (TPSA) is 29.5 Å². The molecule has 0 saturated heterocycles. The summed E-state index contributed by atoms with van der Waals surface area (Å²) in [7, 11) is 0. The van der Waals surface area contributed by atoms with Gasteiger partial charge in [-0.1, -0.05) is 13.3 Å². The van der Waals surface area contributed by atoms with E-state index in [0.29, 0.717) is 6.61 Å². The lowest BCUT2D eigenvalue weighted by atomic mass is 10.4. The average Bonchev–Trinajstić information content (AvgIpc) is 1.88. The molecule has 0 bridgehead atoms. The highest BCUT2D eigenvalue weighted by molar-refractivity contribution is 7.94. The van der Waals surface area contributed by atoms with Gasteiger partial charge in [0.25, 0.3) is 0 Å². The lowest BCUT2D eigenvalue weighted by Gasteiger charge is -2.07. The second kappa shape index (κ2) is 5.73. The molecule has 0 saturated carbocycles. The van der Waals surface area contributed by atoms with Crippen LogP contribution in [0.15, 0.2) is 0 Å². The third-order valence-electron chi connectivity index (χ3n) is 0.887. The number of unbranched alkanes of at least 4 members (excludes halogenated alkanes) is 1. The van der Waals surface area contributed by atoms with Crippen molar-refractivity contribution in [1.29, 1.82) is 0 Å². The summed E-state index contributed by atoms with van der Waals surface area (Å²) in [5, 5.41) is 0. The summed E-state index contributed by atoms with van der Waals surface area (Å²) >= 11 is 7.24. The molecular weight excluding hydrogens is 170 g/mol. The number of nitrogens with zero attached hydrogens (tertiary/aromatic N) is 1. The van der Waals surface area contributed by atoms with Crippen LogP contribution < -0.4 is 0 Å². The van der Waals surface area contributed by atoms with E-state index in [-0.39, 0.29) is 0 Å². The Morgan fingerprint density at radius 2 is 2.20 bits per heavy atom. The van der Waals surface area contributed by atoms with Crippen molar-refractivity contribution in [1.82, 2.24) is 3.71 Å². The van der Waals surface area contributed by atoms with Crippen molar-refractivity contribution < 1.29 is 9.53 Å². The number of ether oxygens (including phenoxy) is 1. The van der Waals surface area contributed by atoms with Gasteiger partial charge in [-0.15, -0.1) is 0 Å². The van der Waals surface area contributed by atoms with Crippen LogP contribution in [0, 0.1) is 0 Å². The van der Waals surface area contributed by atoms with Gasteiger partial charge in [0.1, 0.15) is 0 Å². The Morgan fingerprint density at radius 1 is 1.60 bits per heavy atom. The van der Waals surface area contributed by atoms with Crippen molar-refractivity contribution in [2.45, 2.75) is 19.8 Å². The molecule has 0 aromatic rings. The van der Waals surface area contributed by atoms with Gasteiger partial charge in [-0.25, -0.2) is 4.79 Å². The van der Waals surface area contributed by atoms with Gasteiger partial charge in [0.2, 0.25) is 0 Å². The summed E-state index contributed by atoms with van der Waals surface area (Å²) < 4.78 is 5.49. The number of hydrogen-bond acceptors (Lipinski definition) is 4. The van der Waals surface area contributed by atoms with Gasteiger partial charge in [0.15, 0.2) is 0 Å². The summed E-state index contributed by atoms with van der Waals surface area (Å²) in [6, 6.07) is 0. The van der Waals surface area contributed by atoms with Crippen molar-refractivity contribution in [3.63, 3.8) is 0 Å². The van der Waals surface area contributed by atoms with E-state index in [9.17, 15) is 4.79 Å². The molecule has 3 nitrogen and oxygen atoms in total. The SMILES string of the molecule is CCCCOC(=O)N(S)S. The largest absolute Gasteiger partial charge is 0.448 e. The highest BCUT2D eigenvalue weighted by Crippen LogP contribution is 2.01. The van der Waals surface area contributed by atoms with Gasteiger partial charge in [-0.05, 0) is 32.1 Å². The van der Waals surface area contributed by atoms with Gasteiger partial charge in [-0.3, -0.25) is 0 Å². The Hall–Kier alpha value is -0.0300. The fraction of sp³-hybridized carbons (Fsp3) is 0.800. The van der Waals surface area contributed by atoms with E-state index in [1.165, 1.54) is 0 Å². The molecule has 0 aliphatic rings. The maximum atomic E-state index is 10.6. The van der Waals surface area contributed by atoms with E-state index in [1.807, 2.05) is 6.92 Å². The monoisotopic (exact) mass is 181 g/mol. The lowest BCUT2D eigenvalue weighted by Crippen LogP contribution is -2.13. The maximum absolute atomic E-state index is 10.6. The summed E-state index contributed by atoms with van der Waals surface area (Å²) in [6.07, 6.45) is 1.35. The number of carbonyl (C=O) groups is 1. The van der Waals surface area contributed by atoms with E-state index in [2.05, 4.69) is 30.4 Å². The first-order valence-corrected chi connectivity index (χ1v) is 3.83. The van der Waals surface area contributed by atoms with Crippen LogP contribution >= 0.6 is 25.6 Å².